The van der Waals surface area contributed by atoms with Crippen molar-refractivity contribution in [1.29, 1.82) is 0 Å². The molecule has 5 heteroatoms. The summed E-state index contributed by atoms with van der Waals surface area (Å²) < 4.78 is 2.03. The van der Waals surface area contributed by atoms with Gasteiger partial charge in [0.05, 0.1) is 0 Å². The molecule has 0 atom stereocenters. The summed E-state index contributed by atoms with van der Waals surface area (Å²) in [6.45, 7) is 5.29. The predicted molar refractivity (Wildman–Crippen MR) is 83.2 cm³/mol. The van der Waals surface area contributed by atoms with Crippen LogP contribution in [0.2, 0.25) is 0 Å². The van der Waals surface area contributed by atoms with Crippen LogP contribution in [0.4, 0.5) is 5.95 Å². The molecule has 0 radical (unpaired) electrons. The topological polar surface area (TPSA) is 46.8 Å². The molecule has 0 aromatic carbocycles. The van der Waals surface area contributed by atoms with Gasteiger partial charge in [-0.15, -0.1) is 0 Å². The Morgan fingerprint density at radius 2 is 1.95 bits per heavy atom. The van der Waals surface area contributed by atoms with Crippen molar-refractivity contribution in [2.45, 2.75) is 39.2 Å². The lowest BCUT2D eigenvalue weighted by Crippen LogP contribution is -2.35. The third-order valence-corrected chi connectivity index (χ3v) is 4.32. The van der Waals surface area contributed by atoms with E-state index in [1.807, 2.05) is 35.5 Å². The Labute approximate surface area is 126 Å². The van der Waals surface area contributed by atoms with Gasteiger partial charge in [-0.25, -0.2) is 9.97 Å². The summed E-state index contributed by atoms with van der Waals surface area (Å²) in [6.07, 6.45) is 12.4. The lowest BCUT2D eigenvalue weighted by atomic mass is 9.94. The number of anilines is 1. The molecule has 0 N–H and O–H groups in total. The molecule has 1 saturated heterocycles. The molecular formula is C16H23N5. The van der Waals surface area contributed by atoms with E-state index in [1.165, 1.54) is 24.8 Å². The van der Waals surface area contributed by atoms with E-state index in [1.54, 1.807) is 0 Å². The van der Waals surface area contributed by atoms with Gasteiger partial charge in [0, 0.05) is 44.4 Å². The third kappa shape index (κ3) is 3.60. The van der Waals surface area contributed by atoms with Crippen LogP contribution in [0.1, 0.15) is 31.7 Å². The minimum Gasteiger partial charge on any atom is -0.341 e. The first-order valence-corrected chi connectivity index (χ1v) is 7.88. The lowest BCUT2D eigenvalue weighted by molar-refractivity contribution is 0.352. The maximum Gasteiger partial charge on any atom is 0.225 e. The van der Waals surface area contributed by atoms with E-state index in [9.17, 15) is 0 Å². The van der Waals surface area contributed by atoms with E-state index in [4.69, 9.17) is 0 Å². The molecule has 21 heavy (non-hydrogen) atoms. The van der Waals surface area contributed by atoms with Crippen LogP contribution in [0.3, 0.4) is 0 Å². The lowest BCUT2D eigenvalue weighted by Gasteiger charge is -2.32. The summed E-state index contributed by atoms with van der Waals surface area (Å²) in [6, 6.07) is 1.99. The molecule has 3 rings (SSSR count). The van der Waals surface area contributed by atoms with E-state index < -0.39 is 0 Å². The zero-order valence-electron chi connectivity index (χ0n) is 12.6. The van der Waals surface area contributed by atoms with Gasteiger partial charge < -0.3 is 4.90 Å². The molecule has 3 heterocycles. The molecule has 5 nitrogen and oxygen atoms in total. The summed E-state index contributed by atoms with van der Waals surface area (Å²) in [5, 5.41) is 4.27. The largest absolute Gasteiger partial charge is 0.341 e. The molecule has 0 amide bonds. The average Bonchev–Trinajstić information content (AvgIpc) is 3.07. The number of aryl methyl sites for hydroxylation is 2. The van der Waals surface area contributed by atoms with Crippen LogP contribution in [0.5, 0.6) is 0 Å². The van der Waals surface area contributed by atoms with Crippen LogP contribution in [-0.4, -0.2) is 32.8 Å². The normalized spacial score (nSPS) is 16.3. The Morgan fingerprint density at radius 3 is 2.57 bits per heavy atom. The van der Waals surface area contributed by atoms with E-state index in [-0.39, 0.29) is 0 Å². The third-order valence-electron chi connectivity index (χ3n) is 4.32. The highest BCUT2D eigenvalue weighted by Crippen LogP contribution is 2.23. The molecule has 0 bridgehead atoms. The average molecular weight is 285 g/mol. The highest BCUT2D eigenvalue weighted by Gasteiger charge is 2.20. The summed E-state index contributed by atoms with van der Waals surface area (Å²) in [5.74, 6) is 1.68. The van der Waals surface area contributed by atoms with Crippen LogP contribution >= 0.6 is 0 Å². The fourth-order valence-corrected chi connectivity index (χ4v) is 2.86. The van der Waals surface area contributed by atoms with Crippen molar-refractivity contribution in [2.75, 3.05) is 18.0 Å². The second-order valence-electron chi connectivity index (χ2n) is 5.73. The molecule has 0 unspecified atom stereocenters. The van der Waals surface area contributed by atoms with Crippen molar-refractivity contribution in [2.24, 2.45) is 5.92 Å². The quantitative estimate of drug-likeness (QED) is 0.847. The zero-order valence-corrected chi connectivity index (χ0v) is 12.6. The van der Waals surface area contributed by atoms with E-state index in [0.717, 1.165) is 37.9 Å². The van der Waals surface area contributed by atoms with Gasteiger partial charge in [-0.3, -0.25) is 4.68 Å². The summed E-state index contributed by atoms with van der Waals surface area (Å²) in [4.78, 5) is 11.3. The number of hydrogen-bond donors (Lipinski definition) is 0. The molecule has 0 saturated carbocycles. The molecule has 1 aliphatic rings. The number of piperidine rings is 1. The van der Waals surface area contributed by atoms with Gasteiger partial charge in [0.2, 0.25) is 5.95 Å². The number of rotatable bonds is 5. The molecule has 0 spiro atoms. The second-order valence-corrected chi connectivity index (χ2v) is 5.73. The molecule has 2 aromatic heterocycles. The Kier molecular flexibility index (Phi) is 4.48. The van der Waals surface area contributed by atoms with Crippen molar-refractivity contribution >= 4 is 5.95 Å². The van der Waals surface area contributed by atoms with Gasteiger partial charge in [0.1, 0.15) is 0 Å². The van der Waals surface area contributed by atoms with E-state index in [0.29, 0.717) is 0 Å². The van der Waals surface area contributed by atoms with Crippen LogP contribution in [-0.2, 0) is 13.0 Å². The summed E-state index contributed by atoms with van der Waals surface area (Å²) in [5.41, 5.74) is 1.20. The van der Waals surface area contributed by atoms with Crippen LogP contribution in [0, 0.1) is 5.92 Å². The van der Waals surface area contributed by atoms with E-state index >= 15 is 0 Å². The second kappa shape index (κ2) is 6.70. The summed E-state index contributed by atoms with van der Waals surface area (Å²) >= 11 is 0. The van der Waals surface area contributed by atoms with Gasteiger partial charge in [0.15, 0.2) is 0 Å². The van der Waals surface area contributed by atoms with Crippen molar-refractivity contribution in [3.05, 3.63) is 36.4 Å². The Bertz CT molecular complexity index is 526. The minimum atomic E-state index is 0.792. The molecular weight excluding hydrogens is 262 g/mol. The standard InChI is InChI=1S/C16H23N5/c1-2-14-12-17-16(18-13-14)20-9-4-15(5-10-20)6-11-21-8-3-7-19-21/h3,7-8,12-13,15H,2,4-6,9-11H2,1H3. The van der Waals surface area contributed by atoms with Crippen LogP contribution in [0.25, 0.3) is 0 Å². The van der Waals surface area contributed by atoms with Crippen molar-refractivity contribution in [1.82, 2.24) is 19.7 Å². The molecule has 1 fully saturated rings. The molecule has 2 aromatic rings. The number of nitrogens with zero attached hydrogens (tertiary/aromatic N) is 5. The SMILES string of the molecule is CCc1cnc(N2CCC(CCn3cccn3)CC2)nc1. The van der Waals surface area contributed by atoms with Crippen LogP contribution in [0.15, 0.2) is 30.9 Å². The van der Waals surface area contributed by atoms with Crippen molar-refractivity contribution in [3.63, 3.8) is 0 Å². The first-order chi connectivity index (χ1) is 10.3. The molecule has 0 aliphatic carbocycles. The Morgan fingerprint density at radius 1 is 1.19 bits per heavy atom. The fraction of sp³-hybridized carbons (Fsp3) is 0.562. The predicted octanol–water partition coefficient (Wildman–Crippen LogP) is 2.54. The number of hydrogen-bond acceptors (Lipinski definition) is 4. The minimum absolute atomic E-state index is 0.792. The molecule has 1 aliphatic heterocycles. The van der Waals surface area contributed by atoms with Crippen molar-refractivity contribution in [3.8, 4) is 0 Å². The van der Waals surface area contributed by atoms with E-state index in [2.05, 4.69) is 26.9 Å². The molecule has 112 valence electrons. The van der Waals surface area contributed by atoms with Gasteiger partial charge in [-0.05, 0) is 43.2 Å². The highest BCUT2D eigenvalue weighted by atomic mass is 15.3. The zero-order chi connectivity index (χ0) is 14.5. The van der Waals surface area contributed by atoms with Gasteiger partial charge in [-0.2, -0.15) is 5.10 Å². The first-order valence-electron chi connectivity index (χ1n) is 7.88. The first kappa shape index (κ1) is 14.0. The maximum atomic E-state index is 4.49. The fourth-order valence-electron chi connectivity index (χ4n) is 2.86. The Balaban J connectivity index is 1.47. The van der Waals surface area contributed by atoms with Gasteiger partial charge in [-0.1, -0.05) is 6.92 Å². The monoisotopic (exact) mass is 285 g/mol. The Hall–Kier alpha value is -1.91. The van der Waals surface area contributed by atoms with Gasteiger partial charge >= 0.3 is 0 Å². The van der Waals surface area contributed by atoms with Crippen LogP contribution < -0.4 is 4.90 Å². The maximum absolute atomic E-state index is 4.49. The van der Waals surface area contributed by atoms with Gasteiger partial charge in [0.25, 0.3) is 0 Å². The number of aromatic nitrogens is 4. The highest BCUT2D eigenvalue weighted by molar-refractivity contribution is 5.30. The smallest absolute Gasteiger partial charge is 0.225 e. The van der Waals surface area contributed by atoms with Crippen molar-refractivity contribution < 1.29 is 0 Å². The summed E-state index contributed by atoms with van der Waals surface area (Å²) in [7, 11) is 0.